The number of rotatable bonds is 11. The van der Waals surface area contributed by atoms with E-state index in [9.17, 15) is 9.59 Å². The van der Waals surface area contributed by atoms with Crippen LogP contribution in [0.15, 0.2) is 59.5 Å². The molecule has 0 spiro atoms. The summed E-state index contributed by atoms with van der Waals surface area (Å²) >= 11 is 0. The predicted molar refractivity (Wildman–Crippen MR) is 151 cm³/mol. The van der Waals surface area contributed by atoms with Crippen LogP contribution in [0.5, 0.6) is 0 Å². The number of benzene rings is 2. The maximum Gasteiger partial charge on any atom is 0.338 e. The van der Waals surface area contributed by atoms with Gasteiger partial charge in [0.05, 0.1) is 43.6 Å². The van der Waals surface area contributed by atoms with Crippen LogP contribution < -0.4 is 10.3 Å². The van der Waals surface area contributed by atoms with Gasteiger partial charge in [0.1, 0.15) is 11.5 Å². The maximum absolute atomic E-state index is 12.9. The van der Waals surface area contributed by atoms with Crippen LogP contribution in [-0.2, 0) is 16.0 Å². The molecule has 9 heteroatoms. The average Bonchev–Trinajstić information content (AvgIpc) is 3.43. The molecule has 0 radical (unpaired) electrons. The third-order valence-electron chi connectivity index (χ3n) is 7.01. The van der Waals surface area contributed by atoms with Crippen LogP contribution >= 0.6 is 0 Å². The minimum atomic E-state index is -0.303. The summed E-state index contributed by atoms with van der Waals surface area (Å²) in [6, 6.07) is 14.7. The van der Waals surface area contributed by atoms with Gasteiger partial charge in [-0.15, -0.1) is 5.10 Å². The fourth-order valence-corrected chi connectivity index (χ4v) is 4.88. The zero-order valence-corrected chi connectivity index (χ0v) is 22.4. The van der Waals surface area contributed by atoms with Gasteiger partial charge in [-0.1, -0.05) is 62.1 Å². The number of carbonyl (C=O) groups excluding carboxylic acids is 1. The molecule has 1 N–H and O–H groups in total. The van der Waals surface area contributed by atoms with Crippen LogP contribution in [0, 0.1) is 0 Å². The molecule has 1 saturated heterocycles. The summed E-state index contributed by atoms with van der Waals surface area (Å²) in [5.41, 5.74) is 3.62. The van der Waals surface area contributed by atoms with E-state index in [2.05, 4.69) is 27.1 Å². The van der Waals surface area contributed by atoms with E-state index >= 15 is 0 Å². The van der Waals surface area contributed by atoms with Crippen LogP contribution in [0.4, 0.5) is 5.82 Å². The number of esters is 1. The van der Waals surface area contributed by atoms with Gasteiger partial charge >= 0.3 is 5.97 Å². The molecule has 2 aromatic carbocycles. The van der Waals surface area contributed by atoms with E-state index in [0.29, 0.717) is 43.0 Å². The van der Waals surface area contributed by atoms with Gasteiger partial charge in [0.15, 0.2) is 5.43 Å². The van der Waals surface area contributed by atoms with Crippen molar-refractivity contribution in [2.75, 3.05) is 37.8 Å². The second-order valence-electron chi connectivity index (χ2n) is 9.90. The Labute approximate surface area is 227 Å². The van der Waals surface area contributed by atoms with Gasteiger partial charge < -0.3 is 19.4 Å². The van der Waals surface area contributed by atoms with Gasteiger partial charge in [0, 0.05) is 30.1 Å². The number of fused-ring (bicyclic) bond motifs is 1. The minimum absolute atomic E-state index is 0.0378. The summed E-state index contributed by atoms with van der Waals surface area (Å²) in [5.74, 6) is 0.475. The highest BCUT2D eigenvalue weighted by Crippen LogP contribution is 2.26. The third kappa shape index (κ3) is 6.54. The Kier molecular flexibility index (Phi) is 8.68. The highest BCUT2D eigenvalue weighted by atomic mass is 16.5. The fraction of sp³-hybridized carbons (Fsp3) is 0.400. The number of nitrogens with zero attached hydrogens (tertiary/aromatic N) is 4. The number of pyridine rings is 1. The number of anilines is 1. The topological polar surface area (TPSA) is 102 Å². The standard InChI is InChI=1S/C30H35N5O4/c1-2-3-4-5-6-15-39-30(37)23-10-7-9-22(18-23)20-35-21-26(32-33-35)24-11-8-12-25-27(36)19-28(31-29(24)25)34-13-16-38-17-14-34/h7-12,18-19,21H,2-6,13-17,20H2,1H3,(H,31,36). The Hall–Kier alpha value is -3.98. The Morgan fingerprint density at radius 2 is 1.87 bits per heavy atom. The Morgan fingerprint density at radius 3 is 2.72 bits per heavy atom. The van der Waals surface area contributed by atoms with E-state index in [0.717, 1.165) is 48.4 Å². The molecule has 0 amide bonds. The van der Waals surface area contributed by atoms with Gasteiger partial charge in [-0.25, -0.2) is 9.48 Å². The van der Waals surface area contributed by atoms with Crippen molar-refractivity contribution in [1.82, 2.24) is 20.0 Å². The van der Waals surface area contributed by atoms with Crippen molar-refractivity contribution < 1.29 is 14.3 Å². The highest BCUT2D eigenvalue weighted by Gasteiger charge is 2.16. The van der Waals surface area contributed by atoms with E-state index in [1.807, 2.05) is 42.6 Å². The number of nitrogens with one attached hydrogen (secondary N) is 1. The van der Waals surface area contributed by atoms with Crippen molar-refractivity contribution in [2.45, 2.75) is 45.6 Å². The number of morpholine rings is 1. The molecule has 3 heterocycles. The van der Waals surface area contributed by atoms with Gasteiger partial charge in [0.25, 0.3) is 0 Å². The van der Waals surface area contributed by atoms with Crippen LogP contribution in [0.1, 0.15) is 54.9 Å². The Morgan fingerprint density at radius 1 is 1.05 bits per heavy atom. The second-order valence-corrected chi connectivity index (χ2v) is 9.90. The summed E-state index contributed by atoms with van der Waals surface area (Å²) in [6.45, 7) is 5.80. The first kappa shape index (κ1) is 26.6. The molecule has 0 bridgehead atoms. The first-order chi connectivity index (χ1) is 19.1. The van der Waals surface area contributed by atoms with Crippen LogP contribution in [0.2, 0.25) is 0 Å². The largest absolute Gasteiger partial charge is 0.462 e. The summed E-state index contributed by atoms with van der Waals surface area (Å²) in [6.07, 6.45) is 7.41. The molecule has 0 aliphatic carbocycles. The SMILES string of the molecule is CCCCCCCOC(=O)c1cccc(Cn2cc(-c3cccc4c(=O)cc(N5CCOCC5)[nH]c34)nn2)c1. The predicted octanol–water partition coefficient (Wildman–Crippen LogP) is 4.80. The Bertz CT molecular complexity index is 1470. The molecule has 1 fully saturated rings. The van der Waals surface area contributed by atoms with Crippen molar-refractivity contribution in [3.05, 3.63) is 76.1 Å². The number of aromatic amines is 1. The number of hydrogen-bond acceptors (Lipinski definition) is 7. The number of para-hydroxylation sites is 1. The van der Waals surface area contributed by atoms with Crippen LogP contribution in [-0.4, -0.2) is 58.9 Å². The number of aromatic nitrogens is 4. The molecule has 4 aromatic rings. The normalized spacial score (nSPS) is 13.6. The molecule has 2 aromatic heterocycles. The highest BCUT2D eigenvalue weighted by molar-refractivity contribution is 5.93. The van der Waals surface area contributed by atoms with Crippen molar-refractivity contribution in [3.8, 4) is 11.3 Å². The van der Waals surface area contributed by atoms with Gasteiger partial charge in [-0.05, 0) is 30.2 Å². The number of ether oxygens (including phenoxy) is 2. The van der Waals surface area contributed by atoms with Crippen LogP contribution in [0.25, 0.3) is 22.2 Å². The first-order valence-corrected chi connectivity index (χ1v) is 13.8. The molecule has 1 aliphatic rings. The zero-order chi connectivity index (χ0) is 27.0. The lowest BCUT2D eigenvalue weighted by molar-refractivity contribution is 0.0497. The van der Waals surface area contributed by atoms with E-state index in [4.69, 9.17) is 9.47 Å². The average molecular weight is 530 g/mol. The van der Waals surface area contributed by atoms with E-state index in [1.54, 1.807) is 16.8 Å². The number of unbranched alkanes of at least 4 members (excludes halogenated alkanes) is 4. The zero-order valence-electron chi connectivity index (χ0n) is 22.4. The quantitative estimate of drug-likeness (QED) is 0.220. The molecule has 5 rings (SSSR count). The number of hydrogen-bond donors (Lipinski definition) is 1. The molecular formula is C30H35N5O4. The lowest BCUT2D eigenvalue weighted by Gasteiger charge is -2.28. The molecule has 39 heavy (non-hydrogen) atoms. The molecular weight excluding hydrogens is 494 g/mol. The number of carbonyl (C=O) groups is 1. The lowest BCUT2D eigenvalue weighted by Crippen LogP contribution is -2.37. The molecule has 204 valence electrons. The van der Waals surface area contributed by atoms with E-state index in [1.165, 1.54) is 19.3 Å². The maximum atomic E-state index is 12.9. The molecule has 0 saturated carbocycles. The Balaban J connectivity index is 1.30. The van der Waals surface area contributed by atoms with Gasteiger partial charge in [-0.2, -0.15) is 0 Å². The summed E-state index contributed by atoms with van der Waals surface area (Å²) in [5, 5.41) is 9.33. The van der Waals surface area contributed by atoms with E-state index < -0.39 is 0 Å². The molecule has 0 atom stereocenters. The summed E-state index contributed by atoms with van der Waals surface area (Å²) < 4.78 is 12.7. The summed E-state index contributed by atoms with van der Waals surface area (Å²) in [4.78, 5) is 31.0. The molecule has 0 unspecified atom stereocenters. The smallest absolute Gasteiger partial charge is 0.338 e. The van der Waals surface area contributed by atoms with Gasteiger partial charge in [-0.3, -0.25) is 4.79 Å². The van der Waals surface area contributed by atoms with Crippen molar-refractivity contribution in [2.24, 2.45) is 0 Å². The van der Waals surface area contributed by atoms with Gasteiger partial charge in [0.2, 0.25) is 0 Å². The monoisotopic (exact) mass is 529 g/mol. The van der Waals surface area contributed by atoms with Crippen LogP contribution in [0.3, 0.4) is 0 Å². The fourth-order valence-electron chi connectivity index (χ4n) is 4.88. The molecule has 9 nitrogen and oxygen atoms in total. The van der Waals surface area contributed by atoms with Crippen molar-refractivity contribution in [1.29, 1.82) is 0 Å². The first-order valence-electron chi connectivity index (χ1n) is 13.8. The summed E-state index contributed by atoms with van der Waals surface area (Å²) in [7, 11) is 0. The van der Waals surface area contributed by atoms with E-state index in [-0.39, 0.29) is 11.4 Å². The molecule has 1 aliphatic heterocycles. The van der Waals surface area contributed by atoms with Crippen molar-refractivity contribution >= 4 is 22.7 Å². The number of H-pyrrole nitrogens is 1. The second kappa shape index (κ2) is 12.7. The van der Waals surface area contributed by atoms with Crippen molar-refractivity contribution in [3.63, 3.8) is 0 Å². The third-order valence-corrected chi connectivity index (χ3v) is 7.01. The minimum Gasteiger partial charge on any atom is -0.462 e. The lowest BCUT2D eigenvalue weighted by atomic mass is 10.1.